The number of methoxy groups -OCH3 is 1. The van der Waals surface area contributed by atoms with Gasteiger partial charge in [0.1, 0.15) is 0 Å². The maximum Gasteiger partial charge on any atom is 0.337 e. The summed E-state index contributed by atoms with van der Waals surface area (Å²) in [5.41, 5.74) is 1.13. The van der Waals surface area contributed by atoms with Gasteiger partial charge in [0.15, 0.2) is 0 Å². The monoisotopic (exact) mass is 226 g/mol. The van der Waals surface area contributed by atoms with Crippen LogP contribution in [0.15, 0.2) is 23.5 Å². The Balaban J connectivity index is 2.26. The zero-order chi connectivity index (χ0) is 11.7. The molecule has 5 nitrogen and oxygen atoms in total. The number of fused-ring (bicyclic) bond motifs is 1. The number of esters is 1. The van der Waals surface area contributed by atoms with Crippen LogP contribution in [0.5, 0.6) is 0 Å². The molecule has 0 radical (unpaired) electrons. The Bertz CT molecular complexity index is 357. The molecular weight excluding hydrogens is 212 g/mol. The van der Waals surface area contributed by atoms with E-state index in [1.54, 1.807) is 0 Å². The van der Waals surface area contributed by atoms with Crippen LogP contribution >= 0.6 is 0 Å². The van der Waals surface area contributed by atoms with Gasteiger partial charge in [0.05, 0.1) is 31.5 Å². The summed E-state index contributed by atoms with van der Waals surface area (Å²) in [7, 11) is 1.30. The fourth-order valence-corrected chi connectivity index (χ4v) is 2.32. The summed E-state index contributed by atoms with van der Waals surface area (Å²) in [5, 5.41) is 18.8. The number of aliphatic hydroxyl groups is 2. The molecule has 0 aromatic rings. The van der Waals surface area contributed by atoms with Crippen molar-refractivity contribution in [2.24, 2.45) is 11.8 Å². The Hall–Kier alpha value is -1.33. The van der Waals surface area contributed by atoms with E-state index in [1.807, 2.05) is 6.08 Å². The van der Waals surface area contributed by atoms with Crippen molar-refractivity contribution < 1.29 is 24.5 Å². The third-order valence-electron chi connectivity index (χ3n) is 3.14. The topological polar surface area (TPSA) is 76.0 Å². The van der Waals surface area contributed by atoms with Crippen LogP contribution in [0.4, 0.5) is 0 Å². The van der Waals surface area contributed by atoms with Crippen molar-refractivity contribution in [2.45, 2.75) is 12.7 Å². The first-order chi connectivity index (χ1) is 7.69. The smallest absolute Gasteiger partial charge is 0.337 e. The van der Waals surface area contributed by atoms with Gasteiger partial charge in [0.25, 0.3) is 0 Å². The summed E-state index contributed by atoms with van der Waals surface area (Å²) in [4.78, 5) is 11.5. The van der Waals surface area contributed by atoms with Gasteiger partial charge in [-0.15, -0.1) is 0 Å². The van der Waals surface area contributed by atoms with Crippen LogP contribution in [0, 0.1) is 11.8 Å². The molecule has 0 fully saturated rings. The molecule has 2 rings (SSSR count). The van der Waals surface area contributed by atoms with Gasteiger partial charge in [-0.3, -0.25) is 0 Å². The molecule has 0 saturated heterocycles. The molecule has 2 N–H and O–H groups in total. The number of hydrogen-bond donors (Lipinski definition) is 2. The molecule has 0 aromatic heterocycles. The molecule has 2 aliphatic rings. The molecule has 0 bridgehead atoms. The second-order valence-electron chi connectivity index (χ2n) is 3.90. The molecule has 1 heterocycles. The molecular formula is C11H14O5. The fourth-order valence-electron chi connectivity index (χ4n) is 2.32. The Morgan fingerprint density at radius 1 is 1.69 bits per heavy atom. The highest BCUT2D eigenvalue weighted by Crippen LogP contribution is 2.42. The van der Waals surface area contributed by atoms with Gasteiger partial charge in [-0.2, -0.15) is 0 Å². The van der Waals surface area contributed by atoms with Crippen molar-refractivity contribution in [3.63, 3.8) is 0 Å². The van der Waals surface area contributed by atoms with E-state index in [-0.39, 0.29) is 18.4 Å². The summed E-state index contributed by atoms with van der Waals surface area (Å²) in [6, 6.07) is 0. The zero-order valence-corrected chi connectivity index (χ0v) is 8.92. The predicted molar refractivity (Wildman–Crippen MR) is 54.0 cm³/mol. The zero-order valence-electron chi connectivity index (χ0n) is 8.92. The van der Waals surface area contributed by atoms with Crippen molar-refractivity contribution >= 4 is 5.97 Å². The van der Waals surface area contributed by atoms with Crippen molar-refractivity contribution in [1.82, 2.24) is 0 Å². The highest BCUT2D eigenvalue weighted by Gasteiger charge is 2.43. The molecule has 0 aromatic carbocycles. The Labute approximate surface area is 93.0 Å². The van der Waals surface area contributed by atoms with Crippen LogP contribution in [0.1, 0.15) is 6.42 Å². The van der Waals surface area contributed by atoms with E-state index in [1.165, 1.54) is 13.4 Å². The summed E-state index contributed by atoms with van der Waals surface area (Å²) >= 11 is 0. The van der Waals surface area contributed by atoms with E-state index in [2.05, 4.69) is 4.74 Å². The van der Waals surface area contributed by atoms with Crippen LogP contribution in [0.25, 0.3) is 0 Å². The van der Waals surface area contributed by atoms with Gasteiger partial charge < -0.3 is 19.7 Å². The summed E-state index contributed by atoms with van der Waals surface area (Å²) in [6.07, 6.45) is 2.71. The van der Waals surface area contributed by atoms with Crippen LogP contribution in [0.3, 0.4) is 0 Å². The average Bonchev–Trinajstić information content (AvgIpc) is 2.73. The lowest BCUT2D eigenvalue weighted by Gasteiger charge is -2.31. The lowest BCUT2D eigenvalue weighted by Crippen LogP contribution is -2.35. The van der Waals surface area contributed by atoms with E-state index in [4.69, 9.17) is 9.84 Å². The summed E-state index contributed by atoms with van der Waals surface area (Å²) < 4.78 is 9.65. The van der Waals surface area contributed by atoms with E-state index >= 15 is 0 Å². The number of hydrogen-bond acceptors (Lipinski definition) is 5. The molecule has 0 amide bonds. The number of carbonyl (C=O) groups is 1. The normalized spacial score (nSPS) is 32.3. The third-order valence-corrected chi connectivity index (χ3v) is 3.14. The highest BCUT2D eigenvalue weighted by molar-refractivity contribution is 5.89. The van der Waals surface area contributed by atoms with Crippen molar-refractivity contribution in [2.75, 3.05) is 13.7 Å². The first-order valence-electron chi connectivity index (χ1n) is 5.10. The minimum atomic E-state index is -1.00. The molecule has 0 unspecified atom stereocenters. The van der Waals surface area contributed by atoms with Crippen LogP contribution in [0.2, 0.25) is 0 Å². The predicted octanol–water partition coefficient (Wildman–Crippen LogP) is -0.0533. The third kappa shape index (κ3) is 1.62. The minimum Gasteiger partial charge on any atom is -0.472 e. The number of aliphatic hydroxyl groups excluding tert-OH is 2. The van der Waals surface area contributed by atoms with Gasteiger partial charge in [-0.25, -0.2) is 4.79 Å². The van der Waals surface area contributed by atoms with Crippen molar-refractivity contribution in [3.8, 4) is 0 Å². The standard InChI is InChI=1S/C11H14O5/c1-15-10(13)8-5-16-11(14)9-6(4-12)2-3-7(8)9/h2,5,7,9,11-12,14H,3-4H2,1H3/t7-,9+,11-/m0/s1. The SMILES string of the molecule is COC(=O)C1=CO[C@H](O)[C@@H]2C(CO)=CC[C@@H]12. The molecule has 88 valence electrons. The molecule has 3 atom stereocenters. The van der Waals surface area contributed by atoms with E-state index in [9.17, 15) is 9.90 Å². The maximum absolute atomic E-state index is 11.5. The Morgan fingerprint density at radius 3 is 3.06 bits per heavy atom. The first-order valence-corrected chi connectivity index (χ1v) is 5.10. The summed E-state index contributed by atoms with van der Waals surface area (Å²) in [6.45, 7) is -0.129. The number of ether oxygens (including phenoxy) is 2. The quantitative estimate of drug-likeness (QED) is 0.510. The van der Waals surface area contributed by atoms with E-state index in [0.717, 1.165) is 0 Å². The molecule has 0 saturated carbocycles. The highest BCUT2D eigenvalue weighted by atomic mass is 16.6. The van der Waals surface area contributed by atoms with Crippen LogP contribution < -0.4 is 0 Å². The lowest BCUT2D eigenvalue weighted by molar-refractivity contribution is -0.141. The second kappa shape index (κ2) is 4.27. The Morgan fingerprint density at radius 2 is 2.44 bits per heavy atom. The van der Waals surface area contributed by atoms with Crippen molar-refractivity contribution in [1.29, 1.82) is 0 Å². The molecule has 5 heteroatoms. The van der Waals surface area contributed by atoms with Crippen LogP contribution in [-0.2, 0) is 14.3 Å². The fraction of sp³-hybridized carbons (Fsp3) is 0.545. The minimum absolute atomic E-state index is 0.129. The van der Waals surface area contributed by atoms with Crippen LogP contribution in [-0.4, -0.2) is 36.2 Å². The van der Waals surface area contributed by atoms with E-state index in [0.29, 0.717) is 17.6 Å². The molecule has 1 aliphatic heterocycles. The van der Waals surface area contributed by atoms with E-state index < -0.39 is 12.3 Å². The number of carbonyl (C=O) groups excluding carboxylic acids is 1. The van der Waals surface area contributed by atoms with Gasteiger partial charge >= 0.3 is 5.97 Å². The maximum atomic E-state index is 11.5. The number of allylic oxidation sites excluding steroid dienone is 1. The summed E-state index contributed by atoms with van der Waals surface area (Å²) in [5.74, 6) is -0.947. The second-order valence-corrected chi connectivity index (χ2v) is 3.90. The van der Waals surface area contributed by atoms with Gasteiger partial charge in [0.2, 0.25) is 6.29 Å². The van der Waals surface area contributed by atoms with Gasteiger partial charge in [-0.1, -0.05) is 6.08 Å². The molecule has 16 heavy (non-hydrogen) atoms. The largest absolute Gasteiger partial charge is 0.472 e. The van der Waals surface area contributed by atoms with Gasteiger partial charge in [-0.05, 0) is 12.0 Å². The molecule has 0 spiro atoms. The Kier molecular flexibility index (Phi) is 2.98. The van der Waals surface area contributed by atoms with Crippen molar-refractivity contribution in [3.05, 3.63) is 23.5 Å². The lowest BCUT2D eigenvalue weighted by atomic mass is 9.83. The van der Waals surface area contributed by atoms with Gasteiger partial charge in [0, 0.05) is 5.92 Å². The molecule has 1 aliphatic carbocycles. The number of rotatable bonds is 2. The first kappa shape index (κ1) is 11.2. The average molecular weight is 226 g/mol.